The van der Waals surface area contributed by atoms with Gasteiger partial charge in [0.1, 0.15) is 0 Å². The van der Waals surface area contributed by atoms with Crippen LogP contribution in [0.4, 0.5) is 4.79 Å². The van der Waals surface area contributed by atoms with Gasteiger partial charge in [0.05, 0.1) is 6.61 Å². The second-order valence-electron chi connectivity index (χ2n) is 4.35. The predicted molar refractivity (Wildman–Crippen MR) is 73.5 cm³/mol. The highest BCUT2D eigenvalue weighted by Crippen LogP contribution is 2.17. The van der Waals surface area contributed by atoms with Crippen molar-refractivity contribution in [3.63, 3.8) is 0 Å². The van der Waals surface area contributed by atoms with Crippen LogP contribution in [0.1, 0.15) is 39.0 Å². The molecule has 1 amide bonds. The molecule has 0 radical (unpaired) electrons. The van der Waals surface area contributed by atoms with E-state index in [9.17, 15) is 4.79 Å². The maximum absolute atomic E-state index is 11.0. The van der Waals surface area contributed by atoms with Crippen molar-refractivity contribution < 1.29 is 9.53 Å². The second kappa shape index (κ2) is 9.51. The smallest absolute Gasteiger partial charge is 0.407 e. The lowest BCUT2D eigenvalue weighted by molar-refractivity contribution is 0.145. The van der Waals surface area contributed by atoms with E-state index in [2.05, 4.69) is 5.32 Å². The van der Waals surface area contributed by atoms with Gasteiger partial charge in [-0.2, -0.15) is 0 Å². The SMILES string of the molecule is CCOC(=O)NC1CCCCC1.c1ccccc1. The number of carbonyl (C=O) groups excluding carboxylic acids is 1. The number of amides is 1. The molecule has 1 aliphatic rings. The van der Waals surface area contributed by atoms with E-state index in [1.165, 1.54) is 19.3 Å². The highest BCUT2D eigenvalue weighted by molar-refractivity contribution is 5.67. The van der Waals surface area contributed by atoms with Crippen molar-refractivity contribution in [2.24, 2.45) is 0 Å². The van der Waals surface area contributed by atoms with Gasteiger partial charge in [0.2, 0.25) is 0 Å². The van der Waals surface area contributed by atoms with Crippen LogP contribution in [0.3, 0.4) is 0 Å². The lowest BCUT2D eigenvalue weighted by Crippen LogP contribution is -2.36. The van der Waals surface area contributed by atoms with Crippen molar-refractivity contribution in [2.45, 2.75) is 45.1 Å². The number of carbonyl (C=O) groups is 1. The molecule has 0 aromatic heterocycles. The summed E-state index contributed by atoms with van der Waals surface area (Å²) in [7, 11) is 0. The second-order valence-corrected chi connectivity index (χ2v) is 4.35. The van der Waals surface area contributed by atoms with Crippen LogP contribution in [0.2, 0.25) is 0 Å². The van der Waals surface area contributed by atoms with E-state index >= 15 is 0 Å². The molecule has 0 aliphatic heterocycles. The van der Waals surface area contributed by atoms with E-state index < -0.39 is 0 Å². The maximum atomic E-state index is 11.0. The Balaban J connectivity index is 0.000000225. The molecule has 18 heavy (non-hydrogen) atoms. The van der Waals surface area contributed by atoms with E-state index in [1.807, 2.05) is 43.3 Å². The minimum Gasteiger partial charge on any atom is -0.450 e. The van der Waals surface area contributed by atoms with Crippen LogP contribution in [0.5, 0.6) is 0 Å². The molecule has 0 heterocycles. The van der Waals surface area contributed by atoms with Gasteiger partial charge in [0, 0.05) is 6.04 Å². The molecular weight excluding hydrogens is 226 g/mol. The van der Waals surface area contributed by atoms with Crippen LogP contribution in [-0.2, 0) is 4.74 Å². The molecule has 100 valence electrons. The lowest BCUT2D eigenvalue weighted by Gasteiger charge is -2.22. The zero-order chi connectivity index (χ0) is 13.1. The summed E-state index contributed by atoms with van der Waals surface area (Å²) >= 11 is 0. The van der Waals surface area contributed by atoms with E-state index in [0.29, 0.717) is 12.6 Å². The molecule has 0 bridgehead atoms. The molecular formula is C15H23NO2. The first-order valence-corrected chi connectivity index (χ1v) is 6.76. The quantitative estimate of drug-likeness (QED) is 0.866. The number of rotatable bonds is 2. The fourth-order valence-electron chi connectivity index (χ4n) is 1.97. The van der Waals surface area contributed by atoms with Gasteiger partial charge in [-0.3, -0.25) is 0 Å². The first-order valence-electron chi connectivity index (χ1n) is 6.76. The Morgan fingerprint density at radius 2 is 1.56 bits per heavy atom. The predicted octanol–water partition coefficient (Wildman–Crippen LogP) is 3.75. The molecule has 1 fully saturated rings. The summed E-state index contributed by atoms with van der Waals surface area (Å²) in [6, 6.07) is 12.4. The van der Waals surface area contributed by atoms with Crippen LogP contribution < -0.4 is 5.32 Å². The van der Waals surface area contributed by atoms with Crippen LogP contribution in [0.25, 0.3) is 0 Å². The molecule has 0 spiro atoms. The van der Waals surface area contributed by atoms with E-state index in [0.717, 1.165) is 12.8 Å². The fourth-order valence-corrected chi connectivity index (χ4v) is 1.97. The number of alkyl carbamates (subject to hydrolysis) is 1. The zero-order valence-corrected chi connectivity index (χ0v) is 11.1. The van der Waals surface area contributed by atoms with Gasteiger partial charge in [-0.05, 0) is 19.8 Å². The Bertz CT molecular complexity index is 281. The van der Waals surface area contributed by atoms with E-state index in [-0.39, 0.29) is 6.09 Å². The average Bonchev–Trinajstić information content (AvgIpc) is 2.43. The fraction of sp³-hybridized carbons (Fsp3) is 0.533. The van der Waals surface area contributed by atoms with Crippen LogP contribution in [0, 0.1) is 0 Å². The summed E-state index contributed by atoms with van der Waals surface area (Å²) in [5, 5.41) is 2.86. The Labute approximate surface area is 110 Å². The molecule has 1 saturated carbocycles. The van der Waals surface area contributed by atoms with Gasteiger partial charge in [-0.1, -0.05) is 55.7 Å². The zero-order valence-electron chi connectivity index (χ0n) is 11.1. The summed E-state index contributed by atoms with van der Waals surface area (Å²) in [6.45, 7) is 2.28. The Hall–Kier alpha value is -1.51. The Morgan fingerprint density at radius 1 is 1.06 bits per heavy atom. The largest absolute Gasteiger partial charge is 0.450 e. The Morgan fingerprint density at radius 3 is 2.00 bits per heavy atom. The van der Waals surface area contributed by atoms with Crippen LogP contribution in [0.15, 0.2) is 36.4 Å². The van der Waals surface area contributed by atoms with Crippen molar-refractivity contribution in [2.75, 3.05) is 6.61 Å². The molecule has 0 atom stereocenters. The molecule has 1 aromatic rings. The van der Waals surface area contributed by atoms with Crippen molar-refractivity contribution in [1.82, 2.24) is 5.32 Å². The van der Waals surface area contributed by atoms with Crippen molar-refractivity contribution >= 4 is 6.09 Å². The minimum atomic E-state index is -0.260. The van der Waals surface area contributed by atoms with Gasteiger partial charge in [0.25, 0.3) is 0 Å². The van der Waals surface area contributed by atoms with Crippen molar-refractivity contribution in [3.05, 3.63) is 36.4 Å². The first-order chi connectivity index (χ1) is 8.83. The molecule has 1 N–H and O–H groups in total. The van der Waals surface area contributed by atoms with E-state index in [1.54, 1.807) is 0 Å². The number of hydrogen-bond acceptors (Lipinski definition) is 2. The third-order valence-corrected chi connectivity index (χ3v) is 2.87. The van der Waals surface area contributed by atoms with Crippen LogP contribution >= 0.6 is 0 Å². The standard InChI is InChI=1S/C9H17NO2.C6H6/c1-2-12-9(11)10-8-6-4-3-5-7-8;1-2-4-6-5-3-1/h8H,2-7H2,1H3,(H,10,11);1-6H. The summed E-state index contributed by atoms with van der Waals surface area (Å²) < 4.78 is 4.79. The summed E-state index contributed by atoms with van der Waals surface area (Å²) in [5.74, 6) is 0. The van der Waals surface area contributed by atoms with Crippen molar-refractivity contribution in [3.8, 4) is 0 Å². The average molecular weight is 249 g/mol. The molecule has 0 unspecified atom stereocenters. The third-order valence-electron chi connectivity index (χ3n) is 2.87. The molecule has 3 heteroatoms. The first kappa shape index (κ1) is 14.6. The maximum Gasteiger partial charge on any atom is 0.407 e. The van der Waals surface area contributed by atoms with Gasteiger partial charge in [-0.15, -0.1) is 0 Å². The molecule has 3 nitrogen and oxygen atoms in total. The summed E-state index contributed by atoms with van der Waals surface area (Å²) in [6.07, 6.45) is 5.73. The van der Waals surface area contributed by atoms with Crippen molar-refractivity contribution in [1.29, 1.82) is 0 Å². The number of hydrogen-bond donors (Lipinski definition) is 1. The van der Waals surface area contributed by atoms with Gasteiger partial charge in [-0.25, -0.2) is 4.79 Å². The third kappa shape index (κ3) is 6.94. The van der Waals surface area contributed by atoms with Gasteiger partial charge in [0.15, 0.2) is 0 Å². The normalized spacial score (nSPS) is 15.2. The lowest BCUT2D eigenvalue weighted by atomic mass is 9.96. The highest BCUT2D eigenvalue weighted by atomic mass is 16.5. The molecule has 1 aromatic carbocycles. The number of ether oxygens (including phenoxy) is 1. The van der Waals surface area contributed by atoms with Crippen LogP contribution in [-0.4, -0.2) is 18.7 Å². The topological polar surface area (TPSA) is 38.3 Å². The van der Waals surface area contributed by atoms with Gasteiger partial charge < -0.3 is 10.1 Å². The minimum absolute atomic E-state index is 0.260. The summed E-state index contributed by atoms with van der Waals surface area (Å²) in [5.41, 5.74) is 0. The highest BCUT2D eigenvalue weighted by Gasteiger charge is 2.15. The van der Waals surface area contributed by atoms with E-state index in [4.69, 9.17) is 4.74 Å². The number of nitrogens with one attached hydrogen (secondary N) is 1. The molecule has 1 aliphatic carbocycles. The van der Waals surface area contributed by atoms with Gasteiger partial charge >= 0.3 is 6.09 Å². The number of benzene rings is 1. The molecule has 2 rings (SSSR count). The Kier molecular flexibility index (Phi) is 7.69. The molecule has 0 saturated heterocycles. The monoisotopic (exact) mass is 249 g/mol. The summed E-state index contributed by atoms with van der Waals surface area (Å²) in [4.78, 5) is 11.0.